The van der Waals surface area contributed by atoms with Crippen molar-refractivity contribution in [2.75, 3.05) is 10.6 Å². The average Bonchev–Trinajstić information content (AvgIpc) is 3.35. The van der Waals surface area contributed by atoms with Crippen LogP contribution >= 0.6 is 0 Å². The minimum Gasteiger partial charge on any atom is -0.354 e. The van der Waals surface area contributed by atoms with Crippen molar-refractivity contribution in [3.63, 3.8) is 0 Å². The van der Waals surface area contributed by atoms with Gasteiger partial charge in [0, 0.05) is 35.5 Å². The second-order valence-electron chi connectivity index (χ2n) is 8.10. The number of imide groups is 1. The predicted octanol–water partition coefficient (Wildman–Crippen LogP) is 3.28. The molecule has 1 fully saturated rings. The Labute approximate surface area is 199 Å². The van der Waals surface area contributed by atoms with Gasteiger partial charge < -0.3 is 16.0 Å². The van der Waals surface area contributed by atoms with Crippen LogP contribution < -0.4 is 21.3 Å². The largest absolute Gasteiger partial charge is 0.354 e. The van der Waals surface area contributed by atoms with Crippen molar-refractivity contribution in [2.24, 2.45) is 0 Å². The van der Waals surface area contributed by atoms with E-state index in [1.54, 1.807) is 12.1 Å². The number of hydrogen-bond acceptors (Lipinski definition) is 6. The first-order valence-electron chi connectivity index (χ1n) is 10.8. The first kappa shape index (κ1) is 21.8. The quantitative estimate of drug-likeness (QED) is 0.189. The summed E-state index contributed by atoms with van der Waals surface area (Å²) < 4.78 is 0. The Hall–Kier alpha value is -4.99. The zero-order valence-corrected chi connectivity index (χ0v) is 18.2. The van der Waals surface area contributed by atoms with Crippen molar-refractivity contribution in [3.8, 4) is 0 Å². The maximum absolute atomic E-state index is 13.0. The number of carbonyl (C=O) groups excluding carboxylic acids is 3. The summed E-state index contributed by atoms with van der Waals surface area (Å²) in [6, 6.07) is 19.6. The Morgan fingerprint density at radius 1 is 0.943 bits per heavy atom. The van der Waals surface area contributed by atoms with E-state index in [0.717, 1.165) is 11.1 Å². The normalized spacial score (nSPS) is 17.8. The summed E-state index contributed by atoms with van der Waals surface area (Å²) in [6.45, 7) is 0. The number of nitrogens with one attached hydrogen (secondary N) is 4. The van der Waals surface area contributed by atoms with Gasteiger partial charge in [-0.05, 0) is 29.3 Å². The zero-order chi connectivity index (χ0) is 24.5. The van der Waals surface area contributed by atoms with Gasteiger partial charge in [-0.25, -0.2) is 4.79 Å². The molecule has 1 unspecified atom stereocenters. The minimum absolute atomic E-state index is 0.113. The van der Waals surface area contributed by atoms with E-state index in [-0.39, 0.29) is 17.5 Å². The molecule has 0 aliphatic carbocycles. The van der Waals surface area contributed by atoms with Crippen LogP contribution in [0.3, 0.4) is 0 Å². The molecule has 174 valence electrons. The molecule has 2 aliphatic heterocycles. The molecule has 2 aliphatic rings. The minimum atomic E-state index is -0.627. The lowest BCUT2D eigenvalue weighted by Crippen LogP contribution is -2.31. The molecule has 0 spiro atoms. The predicted molar refractivity (Wildman–Crippen MR) is 129 cm³/mol. The Kier molecular flexibility index (Phi) is 5.46. The highest BCUT2D eigenvalue weighted by atomic mass is 16.6. The maximum Gasteiger partial charge on any atom is 0.322 e. The molecule has 1 saturated heterocycles. The van der Waals surface area contributed by atoms with Crippen LogP contribution in [-0.4, -0.2) is 28.8 Å². The molecule has 3 aromatic rings. The fourth-order valence-corrected chi connectivity index (χ4v) is 4.11. The van der Waals surface area contributed by atoms with Crippen molar-refractivity contribution >= 4 is 46.2 Å². The fourth-order valence-electron chi connectivity index (χ4n) is 4.11. The zero-order valence-electron chi connectivity index (χ0n) is 18.2. The molecule has 10 heteroatoms. The highest BCUT2D eigenvalue weighted by Crippen LogP contribution is 2.39. The van der Waals surface area contributed by atoms with E-state index in [9.17, 15) is 24.5 Å². The number of anilines is 2. The molecule has 4 amide bonds. The maximum atomic E-state index is 13.0. The Morgan fingerprint density at radius 2 is 1.69 bits per heavy atom. The first-order chi connectivity index (χ1) is 16.9. The summed E-state index contributed by atoms with van der Waals surface area (Å²) in [4.78, 5) is 47.0. The third kappa shape index (κ3) is 4.32. The van der Waals surface area contributed by atoms with Crippen molar-refractivity contribution < 1.29 is 19.3 Å². The van der Waals surface area contributed by atoms with Gasteiger partial charge in [0.2, 0.25) is 0 Å². The van der Waals surface area contributed by atoms with Gasteiger partial charge in [-0.1, -0.05) is 42.5 Å². The van der Waals surface area contributed by atoms with Gasteiger partial charge in [0.15, 0.2) is 0 Å². The summed E-state index contributed by atoms with van der Waals surface area (Å²) >= 11 is 0. The summed E-state index contributed by atoms with van der Waals surface area (Å²) in [5.41, 5.74) is 3.86. The van der Waals surface area contributed by atoms with Crippen LogP contribution in [0.5, 0.6) is 0 Å². The first-order valence-corrected chi connectivity index (χ1v) is 10.8. The van der Waals surface area contributed by atoms with Crippen LogP contribution in [0.4, 0.5) is 21.9 Å². The lowest BCUT2D eigenvalue weighted by Gasteiger charge is -2.15. The smallest absolute Gasteiger partial charge is 0.322 e. The molecule has 5 rings (SSSR count). The second-order valence-corrected chi connectivity index (χ2v) is 8.10. The lowest BCUT2D eigenvalue weighted by molar-refractivity contribution is -0.384. The molecule has 2 heterocycles. The van der Waals surface area contributed by atoms with E-state index in [0.29, 0.717) is 34.6 Å². The van der Waals surface area contributed by atoms with Crippen molar-refractivity contribution in [1.29, 1.82) is 0 Å². The molecule has 10 nitrogen and oxygen atoms in total. The Morgan fingerprint density at radius 3 is 2.34 bits per heavy atom. The van der Waals surface area contributed by atoms with E-state index in [1.807, 2.05) is 42.5 Å². The standard InChI is InChI=1S/C25H19N5O5/c31-23-20(28-25(33)29-23)12-14-6-8-16(9-7-14)26-22(15-4-2-1-3-5-15)21-18-13-17(30(34)35)10-11-19(18)27-24(21)32/h1-11,13,20,26H,12H2,(H,27,32)(H2,28,29,31,33). The van der Waals surface area contributed by atoms with Crippen LogP contribution in [0, 0.1) is 10.1 Å². The molecule has 3 aromatic carbocycles. The summed E-state index contributed by atoms with van der Waals surface area (Å²) in [6.07, 6.45) is 0.337. The molecule has 0 saturated carbocycles. The van der Waals surface area contributed by atoms with Gasteiger partial charge in [0.1, 0.15) is 6.04 Å². The van der Waals surface area contributed by atoms with E-state index < -0.39 is 17.0 Å². The van der Waals surface area contributed by atoms with Crippen LogP contribution in [0.15, 0.2) is 72.8 Å². The number of nitro groups is 1. The molecular weight excluding hydrogens is 450 g/mol. The van der Waals surface area contributed by atoms with Crippen LogP contribution in [-0.2, 0) is 16.0 Å². The number of carbonyl (C=O) groups is 3. The third-order valence-electron chi connectivity index (χ3n) is 5.79. The second kappa shape index (κ2) is 8.75. The lowest BCUT2D eigenvalue weighted by atomic mass is 9.99. The molecule has 35 heavy (non-hydrogen) atoms. The topological polar surface area (TPSA) is 142 Å². The Balaban J connectivity index is 1.50. The van der Waals surface area contributed by atoms with Crippen LogP contribution in [0.2, 0.25) is 0 Å². The Bertz CT molecular complexity index is 1400. The molecular formula is C25H19N5O5. The molecule has 0 radical (unpaired) electrons. The highest BCUT2D eigenvalue weighted by Gasteiger charge is 2.31. The van der Waals surface area contributed by atoms with E-state index >= 15 is 0 Å². The van der Waals surface area contributed by atoms with Gasteiger partial charge in [-0.2, -0.15) is 0 Å². The van der Waals surface area contributed by atoms with Gasteiger partial charge in [0.05, 0.1) is 16.2 Å². The van der Waals surface area contributed by atoms with Crippen LogP contribution in [0.1, 0.15) is 16.7 Å². The summed E-state index contributed by atoms with van der Waals surface area (Å²) in [7, 11) is 0. The number of fused-ring (bicyclic) bond motifs is 1. The third-order valence-corrected chi connectivity index (χ3v) is 5.79. The number of non-ortho nitro benzene ring substituents is 1. The monoisotopic (exact) mass is 469 g/mol. The van der Waals surface area contributed by atoms with Gasteiger partial charge in [-0.15, -0.1) is 0 Å². The van der Waals surface area contributed by atoms with E-state index in [4.69, 9.17) is 0 Å². The number of nitrogens with zero attached hydrogens (tertiary/aromatic N) is 1. The van der Waals surface area contributed by atoms with Crippen LogP contribution in [0.25, 0.3) is 11.3 Å². The number of hydrogen-bond donors (Lipinski definition) is 4. The van der Waals surface area contributed by atoms with E-state index in [2.05, 4.69) is 21.3 Å². The number of urea groups is 1. The van der Waals surface area contributed by atoms with Crippen molar-refractivity contribution in [2.45, 2.75) is 12.5 Å². The number of nitro benzene ring substituents is 1. The van der Waals surface area contributed by atoms with E-state index in [1.165, 1.54) is 18.2 Å². The SMILES string of the molecule is O=C1NC(=O)C(Cc2ccc(NC(=C3C(=O)Nc4ccc([N+](=O)[O-])cc43)c3ccccc3)cc2)N1. The average molecular weight is 469 g/mol. The molecule has 4 N–H and O–H groups in total. The fraction of sp³-hybridized carbons (Fsp3) is 0.0800. The molecule has 0 aromatic heterocycles. The number of rotatable bonds is 6. The molecule has 0 bridgehead atoms. The summed E-state index contributed by atoms with van der Waals surface area (Å²) in [5.74, 6) is -0.736. The summed E-state index contributed by atoms with van der Waals surface area (Å²) in [5, 5.41) is 22.2. The van der Waals surface area contributed by atoms with Gasteiger partial charge in [-0.3, -0.25) is 25.0 Å². The number of amides is 4. The highest BCUT2D eigenvalue weighted by molar-refractivity contribution is 6.37. The van der Waals surface area contributed by atoms with Crippen molar-refractivity contribution in [1.82, 2.24) is 10.6 Å². The number of benzene rings is 3. The van der Waals surface area contributed by atoms with Gasteiger partial charge >= 0.3 is 6.03 Å². The van der Waals surface area contributed by atoms with Gasteiger partial charge in [0.25, 0.3) is 17.5 Å². The van der Waals surface area contributed by atoms with Crippen molar-refractivity contribution in [3.05, 3.63) is 99.6 Å². The molecule has 1 atom stereocenters.